The first-order chi connectivity index (χ1) is 17.4. The summed E-state index contributed by atoms with van der Waals surface area (Å²) in [5.74, 6) is 1.78. The normalized spacial score (nSPS) is 11.7. The van der Waals surface area contributed by atoms with Gasteiger partial charge in [0.15, 0.2) is 5.76 Å². The summed E-state index contributed by atoms with van der Waals surface area (Å²) in [7, 11) is 0. The molecule has 3 aromatic rings. The van der Waals surface area contributed by atoms with Gasteiger partial charge in [-0.3, -0.25) is 14.5 Å². The Bertz CT molecular complexity index is 1160. The number of hydrogen-bond acceptors (Lipinski definition) is 6. The molecule has 0 spiro atoms. The summed E-state index contributed by atoms with van der Waals surface area (Å²) in [4.78, 5) is 24.2. The summed E-state index contributed by atoms with van der Waals surface area (Å²) >= 11 is 7.84. The third-order valence-corrected chi connectivity index (χ3v) is 6.68. The molecule has 0 bridgehead atoms. The third-order valence-electron chi connectivity index (χ3n) is 5.31. The Labute approximate surface area is 219 Å². The number of rotatable bonds is 12. The zero-order valence-corrected chi connectivity index (χ0v) is 21.8. The maximum atomic E-state index is 12.6. The van der Waals surface area contributed by atoms with Crippen molar-refractivity contribution in [3.8, 4) is 11.3 Å². The van der Waals surface area contributed by atoms with E-state index in [4.69, 9.17) is 20.9 Å². The number of alkyl halides is 1. The maximum absolute atomic E-state index is 12.6. The number of aromatic nitrogens is 1. The first-order valence-electron chi connectivity index (χ1n) is 11.6. The first-order valence-corrected chi connectivity index (χ1v) is 13.1. The molecule has 0 saturated carbocycles. The second kappa shape index (κ2) is 13.9. The van der Waals surface area contributed by atoms with Crippen LogP contribution in [-0.2, 0) is 15.3 Å². The molecule has 1 aromatic heterocycles. The summed E-state index contributed by atoms with van der Waals surface area (Å²) in [6.45, 7) is 3.43. The van der Waals surface area contributed by atoms with E-state index in [-0.39, 0.29) is 5.91 Å². The molecule has 0 unspecified atom stereocenters. The molecule has 2 aromatic carbocycles. The maximum Gasteiger partial charge on any atom is 0.412 e. The number of carbonyl (C=O) groups is 2. The zero-order chi connectivity index (χ0) is 25.9. The van der Waals surface area contributed by atoms with Crippen molar-refractivity contribution in [3.05, 3.63) is 70.4 Å². The van der Waals surface area contributed by atoms with Gasteiger partial charge in [-0.15, -0.1) is 0 Å². The van der Waals surface area contributed by atoms with E-state index in [0.717, 1.165) is 16.9 Å². The fourth-order valence-corrected chi connectivity index (χ4v) is 4.56. The fraction of sp³-hybridized carbons (Fsp3) is 0.346. The van der Waals surface area contributed by atoms with Gasteiger partial charge in [0.05, 0.1) is 6.67 Å². The predicted molar refractivity (Wildman–Crippen MR) is 141 cm³/mol. The molecular formula is C26H29ClFN3O4S. The Morgan fingerprint density at radius 3 is 2.67 bits per heavy atom. The van der Waals surface area contributed by atoms with Crippen molar-refractivity contribution in [1.29, 1.82) is 0 Å². The molecule has 0 saturated heterocycles. The van der Waals surface area contributed by atoms with E-state index in [9.17, 15) is 14.0 Å². The van der Waals surface area contributed by atoms with Crippen LogP contribution in [0.15, 0.2) is 53.1 Å². The smallest absolute Gasteiger partial charge is 0.412 e. The highest BCUT2D eigenvalue weighted by Crippen LogP contribution is 2.32. The monoisotopic (exact) mass is 533 g/mol. The van der Waals surface area contributed by atoms with Crippen LogP contribution in [0.5, 0.6) is 0 Å². The van der Waals surface area contributed by atoms with E-state index in [1.807, 2.05) is 36.4 Å². The van der Waals surface area contributed by atoms with Crippen molar-refractivity contribution >= 4 is 41.1 Å². The van der Waals surface area contributed by atoms with Gasteiger partial charge in [0.2, 0.25) is 5.91 Å². The van der Waals surface area contributed by atoms with Crippen LogP contribution >= 0.6 is 23.4 Å². The Morgan fingerprint density at radius 2 is 1.94 bits per heavy atom. The number of ether oxygens (including phenoxy) is 1. The largest absolute Gasteiger partial charge is 0.441 e. The van der Waals surface area contributed by atoms with Crippen molar-refractivity contribution in [3.63, 3.8) is 0 Å². The number of hydrogen-bond donors (Lipinski definition) is 2. The number of benzene rings is 2. The van der Waals surface area contributed by atoms with E-state index >= 15 is 0 Å². The standard InChI is InChI=1S/C26H29ClFN3O4S/c1-17-24(30-26(33)34-18(2)21-6-3-4-7-22(21)27)25(35-31-17)20-10-8-19(9-11-20)16-36-15-12-23(32)29-14-5-13-28/h3-4,6-11,18H,5,12-16H2,1-2H3,(H,29,32)(H,30,33)/t18-/m1/s1. The Balaban J connectivity index is 1.54. The number of thioether (sulfide) groups is 1. The highest BCUT2D eigenvalue weighted by Gasteiger charge is 2.20. The van der Waals surface area contributed by atoms with Crippen molar-refractivity contribution in [2.75, 3.05) is 24.3 Å². The second-order valence-corrected chi connectivity index (χ2v) is 9.57. The number of anilines is 1. The van der Waals surface area contributed by atoms with Crippen LogP contribution < -0.4 is 10.6 Å². The SMILES string of the molecule is Cc1noc(-c2ccc(CSCCC(=O)NCCCF)cc2)c1NC(=O)O[C@H](C)c1ccccc1Cl. The highest BCUT2D eigenvalue weighted by molar-refractivity contribution is 7.98. The molecule has 0 fully saturated rings. The minimum atomic E-state index is -0.642. The van der Waals surface area contributed by atoms with Gasteiger partial charge in [-0.2, -0.15) is 11.8 Å². The van der Waals surface area contributed by atoms with Gasteiger partial charge in [0.25, 0.3) is 0 Å². The van der Waals surface area contributed by atoms with Gasteiger partial charge >= 0.3 is 6.09 Å². The summed E-state index contributed by atoms with van der Waals surface area (Å²) in [6, 6.07) is 14.9. The molecule has 1 atom stereocenters. The van der Waals surface area contributed by atoms with E-state index in [1.54, 1.807) is 37.7 Å². The highest BCUT2D eigenvalue weighted by atomic mass is 35.5. The van der Waals surface area contributed by atoms with Gasteiger partial charge in [0, 0.05) is 40.6 Å². The minimum Gasteiger partial charge on any atom is -0.441 e. The molecule has 0 aliphatic heterocycles. The van der Waals surface area contributed by atoms with E-state index in [1.165, 1.54) is 0 Å². The predicted octanol–water partition coefficient (Wildman–Crippen LogP) is 6.71. The molecule has 0 aliphatic rings. The van der Waals surface area contributed by atoms with Gasteiger partial charge in [0.1, 0.15) is 17.5 Å². The number of nitrogens with zero attached hydrogens (tertiary/aromatic N) is 1. The van der Waals surface area contributed by atoms with Gasteiger partial charge in [-0.05, 0) is 31.9 Å². The van der Waals surface area contributed by atoms with Crippen molar-refractivity contribution in [2.45, 2.75) is 38.5 Å². The Hall–Kier alpha value is -3.04. The third kappa shape index (κ3) is 7.99. The minimum absolute atomic E-state index is 0.0631. The topological polar surface area (TPSA) is 93.5 Å². The van der Waals surface area contributed by atoms with Crippen LogP contribution in [0, 0.1) is 6.92 Å². The Kier molecular flexibility index (Phi) is 10.6. The molecule has 0 radical (unpaired) electrons. The van der Waals surface area contributed by atoms with Gasteiger partial charge in [-0.25, -0.2) is 4.79 Å². The lowest BCUT2D eigenvalue weighted by atomic mass is 10.1. The lowest BCUT2D eigenvalue weighted by molar-refractivity contribution is -0.120. The van der Waals surface area contributed by atoms with Crippen LogP contribution in [0.3, 0.4) is 0 Å². The summed E-state index contributed by atoms with van der Waals surface area (Å²) in [5.41, 5.74) is 3.51. The number of amides is 2. The number of halogens is 2. The van der Waals surface area contributed by atoms with Gasteiger partial charge < -0.3 is 14.6 Å². The van der Waals surface area contributed by atoms with Gasteiger partial charge in [-0.1, -0.05) is 59.2 Å². The molecule has 7 nitrogen and oxygen atoms in total. The van der Waals surface area contributed by atoms with E-state index in [0.29, 0.717) is 52.9 Å². The zero-order valence-electron chi connectivity index (χ0n) is 20.2. The quantitative estimate of drug-likeness (QED) is 0.251. The van der Waals surface area contributed by atoms with Crippen LogP contribution in [-0.4, -0.2) is 36.1 Å². The summed E-state index contributed by atoms with van der Waals surface area (Å²) < 4.78 is 23.1. The molecule has 0 aliphatic carbocycles. The molecule has 2 amide bonds. The summed E-state index contributed by atoms with van der Waals surface area (Å²) in [6.07, 6.45) is -0.445. The van der Waals surface area contributed by atoms with E-state index in [2.05, 4.69) is 15.8 Å². The van der Waals surface area contributed by atoms with Crippen LogP contribution in [0.2, 0.25) is 5.02 Å². The molecule has 3 rings (SSSR count). The van der Waals surface area contributed by atoms with Crippen LogP contribution in [0.4, 0.5) is 14.9 Å². The Morgan fingerprint density at radius 1 is 1.19 bits per heavy atom. The van der Waals surface area contributed by atoms with E-state index < -0.39 is 18.9 Å². The summed E-state index contributed by atoms with van der Waals surface area (Å²) in [5, 5.41) is 9.95. The average molecular weight is 534 g/mol. The lowest BCUT2D eigenvalue weighted by Gasteiger charge is -2.15. The molecule has 36 heavy (non-hydrogen) atoms. The lowest BCUT2D eigenvalue weighted by Crippen LogP contribution is -2.24. The number of aryl methyl sites for hydroxylation is 1. The van der Waals surface area contributed by atoms with Crippen molar-refractivity contribution in [2.24, 2.45) is 0 Å². The molecule has 2 N–H and O–H groups in total. The molecular weight excluding hydrogens is 505 g/mol. The first kappa shape index (κ1) is 27.5. The molecule has 192 valence electrons. The van der Waals surface area contributed by atoms with Crippen LogP contribution in [0.1, 0.15) is 42.7 Å². The molecule has 10 heteroatoms. The average Bonchev–Trinajstić information content (AvgIpc) is 3.22. The fourth-order valence-electron chi connectivity index (χ4n) is 3.36. The molecule has 1 heterocycles. The number of nitrogens with one attached hydrogen (secondary N) is 2. The second-order valence-electron chi connectivity index (χ2n) is 8.06. The van der Waals surface area contributed by atoms with Crippen molar-refractivity contribution < 1.29 is 23.2 Å². The van der Waals surface area contributed by atoms with Crippen LogP contribution in [0.25, 0.3) is 11.3 Å². The van der Waals surface area contributed by atoms with Crippen molar-refractivity contribution in [1.82, 2.24) is 10.5 Å². The number of carbonyl (C=O) groups excluding carboxylic acids is 2.